The van der Waals surface area contributed by atoms with Gasteiger partial charge in [0.2, 0.25) is 0 Å². The molecule has 1 unspecified atom stereocenters. The molecule has 5 heteroatoms. The molecule has 19 heavy (non-hydrogen) atoms. The van der Waals surface area contributed by atoms with Crippen molar-refractivity contribution in [1.82, 2.24) is 0 Å². The fraction of sp³-hybridized carbons (Fsp3) is 0.143. The van der Waals surface area contributed by atoms with E-state index in [1.165, 1.54) is 12.1 Å². The van der Waals surface area contributed by atoms with Crippen molar-refractivity contribution in [3.05, 3.63) is 68.7 Å². The second-order valence-corrected chi connectivity index (χ2v) is 5.00. The topological polar surface area (TPSA) is 26.0 Å². The van der Waals surface area contributed by atoms with Crippen LogP contribution in [0.15, 0.2) is 30.3 Å². The second-order valence-electron chi connectivity index (χ2n) is 4.21. The Morgan fingerprint density at radius 2 is 1.79 bits per heavy atom. The Bertz CT molecular complexity index is 629. The molecule has 0 amide bonds. The first-order valence-corrected chi connectivity index (χ1v) is 6.33. The van der Waals surface area contributed by atoms with E-state index in [2.05, 4.69) is 0 Å². The number of benzene rings is 2. The van der Waals surface area contributed by atoms with Crippen LogP contribution in [0.2, 0.25) is 10.0 Å². The highest BCUT2D eigenvalue weighted by atomic mass is 35.5. The summed E-state index contributed by atoms with van der Waals surface area (Å²) in [6.07, 6.45) is 0. The maximum atomic E-state index is 14.0. The van der Waals surface area contributed by atoms with E-state index in [-0.39, 0.29) is 10.6 Å². The molecule has 2 N–H and O–H groups in total. The molecule has 0 aromatic heterocycles. The number of nitrogens with two attached hydrogens (primary N) is 1. The largest absolute Gasteiger partial charge is 0.320 e. The van der Waals surface area contributed by atoms with Gasteiger partial charge in [0.1, 0.15) is 11.6 Å². The summed E-state index contributed by atoms with van der Waals surface area (Å²) in [6.45, 7) is 1.55. The highest BCUT2D eigenvalue weighted by Crippen LogP contribution is 2.34. The highest BCUT2D eigenvalue weighted by Gasteiger charge is 2.22. The van der Waals surface area contributed by atoms with Crippen LogP contribution in [0.25, 0.3) is 0 Å². The third-order valence-electron chi connectivity index (χ3n) is 2.95. The molecule has 0 aliphatic carbocycles. The van der Waals surface area contributed by atoms with Gasteiger partial charge in [-0.05, 0) is 30.2 Å². The molecule has 0 aliphatic heterocycles. The third-order valence-corrected chi connectivity index (χ3v) is 3.78. The monoisotopic (exact) mass is 301 g/mol. The molecule has 2 aromatic rings. The maximum Gasteiger partial charge on any atom is 0.134 e. The van der Waals surface area contributed by atoms with E-state index in [1.54, 1.807) is 25.1 Å². The molecule has 0 saturated carbocycles. The lowest BCUT2D eigenvalue weighted by Crippen LogP contribution is -2.17. The van der Waals surface area contributed by atoms with Crippen molar-refractivity contribution in [1.29, 1.82) is 0 Å². The van der Waals surface area contributed by atoms with Crippen molar-refractivity contribution in [3.63, 3.8) is 0 Å². The molecule has 2 rings (SSSR count). The Morgan fingerprint density at radius 1 is 1.11 bits per heavy atom. The molecule has 2 aromatic carbocycles. The first-order valence-electron chi connectivity index (χ1n) is 5.57. The van der Waals surface area contributed by atoms with Crippen molar-refractivity contribution in [2.75, 3.05) is 0 Å². The number of hydrogen-bond donors (Lipinski definition) is 1. The van der Waals surface area contributed by atoms with Crippen molar-refractivity contribution in [2.24, 2.45) is 5.73 Å². The summed E-state index contributed by atoms with van der Waals surface area (Å²) in [7, 11) is 0. The number of rotatable bonds is 2. The summed E-state index contributed by atoms with van der Waals surface area (Å²) in [6, 6.07) is 6.36. The van der Waals surface area contributed by atoms with Gasteiger partial charge in [0, 0.05) is 5.56 Å². The minimum Gasteiger partial charge on any atom is -0.320 e. The Morgan fingerprint density at radius 3 is 2.47 bits per heavy atom. The predicted molar refractivity (Wildman–Crippen MR) is 73.6 cm³/mol. The van der Waals surface area contributed by atoms with Crippen molar-refractivity contribution in [3.8, 4) is 0 Å². The van der Waals surface area contributed by atoms with Crippen LogP contribution < -0.4 is 5.73 Å². The van der Waals surface area contributed by atoms with E-state index in [0.717, 1.165) is 0 Å². The molecule has 0 spiro atoms. The van der Waals surface area contributed by atoms with Crippen LogP contribution in [-0.4, -0.2) is 0 Å². The zero-order valence-electron chi connectivity index (χ0n) is 10.1. The van der Waals surface area contributed by atoms with Gasteiger partial charge in [-0.1, -0.05) is 41.4 Å². The average Bonchev–Trinajstić information content (AvgIpc) is 2.37. The molecular formula is C14H11Cl2F2N. The lowest BCUT2D eigenvalue weighted by molar-refractivity contribution is 0.538. The van der Waals surface area contributed by atoms with Crippen LogP contribution >= 0.6 is 23.2 Å². The first kappa shape index (κ1) is 14.3. The Balaban J connectivity index is 2.59. The van der Waals surface area contributed by atoms with Gasteiger partial charge in [0.25, 0.3) is 0 Å². The SMILES string of the molecule is Cc1ccc(F)c(C(N)c2cccc(Cl)c2Cl)c1F. The molecule has 1 nitrogen and oxygen atoms in total. The summed E-state index contributed by atoms with van der Waals surface area (Å²) in [4.78, 5) is 0. The van der Waals surface area contributed by atoms with Gasteiger partial charge >= 0.3 is 0 Å². The van der Waals surface area contributed by atoms with Crippen LogP contribution in [0.5, 0.6) is 0 Å². The van der Waals surface area contributed by atoms with Crippen LogP contribution in [0.4, 0.5) is 8.78 Å². The highest BCUT2D eigenvalue weighted by molar-refractivity contribution is 6.42. The Kier molecular flexibility index (Phi) is 4.09. The molecule has 0 radical (unpaired) electrons. The van der Waals surface area contributed by atoms with Gasteiger partial charge < -0.3 is 5.73 Å². The predicted octanol–water partition coefficient (Wildman–Crippen LogP) is 4.63. The normalized spacial score (nSPS) is 12.5. The average molecular weight is 302 g/mol. The standard InChI is InChI=1S/C14H11Cl2F2N/c1-7-5-6-10(17)11(13(7)18)14(19)8-3-2-4-9(15)12(8)16/h2-6,14H,19H2,1H3. The number of hydrogen-bond acceptors (Lipinski definition) is 1. The van der Waals surface area contributed by atoms with E-state index < -0.39 is 17.7 Å². The Hall–Kier alpha value is -1.16. The first-order chi connectivity index (χ1) is 8.93. The molecule has 0 saturated heterocycles. The van der Waals surface area contributed by atoms with Gasteiger partial charge in [-0.3, -0.25) is 0 Å². The van der Waals surface area contributed by atoms with E-state index >= 15 is 0 Å². The van der Waals surface area contributed by atoms with Gasteiger partial charge in [-0.2, -0.15) is 0 Å². The van der Waals surface area contributed by atoms with Gasteiger partial charge in [0.15, 0.2) is 0 Å². The molecule has 0 bridgehead atoms. The van der Waals surface area contributed by atoms with Crippen molar-refractivity contribution < 1.29 is 8.78 Å². The van der Waals surface area contributed by atoms with E-state index in [4.69, 9.17) is 28.9 Å². The smallest absolute Gasteiger partial charge is 0.134 e. The Labute approximate surface area is 119 Å². The quantitative estimate of drug-likeness (QED) is 0.860. The summed E-state index contributed by atoms with van der Waals surface area (Å²) in [5.74, 6) is -1.37. The van der Waals surface area contributed by atoms with Gasteiger partial charge in [-0.15, -0.1) is 0 Å². The lowest BCUT2D eigenvalue weighted by Gasteiger charge is -2.17. The van der Waals surface area contributed by atoms with Crippen molar-refractivity contribution in [2.45, 2.75) is 13.0 Å². The molecular weight excluding hydrogens is 291 g/mol. The molecule has 0 aliphatic rings. The van der Waals surface area contributed by atoms with Crippen LogP contribution in [0, 0.1) is 18.6 Å². The molecule has 1 atom stereocenters. The molecule has 0 fully saturated rings. The fourth-order valence-electron chi connectivity index (χ4n) is 1.88. The summed E-state index contributed by atoms with van der Waals surface area (Å²) in [5.41, 5.74) is 6.44. The van der Waals surface area contributed by atoms with Crippen LogP contribution in [0.3, 0.4) is 0 Å². The zero-order chi connectivity index (χ0) is 14.2. The van der Waals surface area contributed by atoms with Crippen molar-refractivity contribution >= 4 is 23.2 Å². The maximum absolute atomic E-state index is 14.0. The van der Waals surface area contributed by atoms with E-state index in [0.29, 0.717) is 16.1 Å². The number of halogens is 4. The second kappa shape index (κ2) is 5.45. The number of aryl methyl sites for hydroxylation is 1. The fourth-order valence-corrected chi connectivity index (χ4v) is 2.31. The summed E-state index contributed by atoms with van der Waals surface area (Å²) >= 11 is 11.9. The lowest BCUT2D eigenvalue weighted by atomic mass is 9.97. The summed E-state index contributed by atoms with van der Waals surface area (Å²) < 4.78 is 27.8. The van der Waals surface area contributed by atoms with E-state index in [9.17, 15) is 8.78 Å². The molecule has 0 heterocycles. The minimum absolute atomic E-state index is 0.204. The summed E-state index contributed by atoms with van der Waals surface area (Å²) in [5, 5.41) is 0.500. The van der Waals surface area contributed by atoms with Gasteiger partial charge in [-0.25, -0.2) is 8.78 Å². The van der Waals surface area contributed by atoms with Crippen LogP contribution in [-0.2, 0) is 0 Å². The zero-order valence-corrected chi connectivity index (χ0v) is 11.6. The van der Waals surface area contributed by atoms with E-state index in [1.807, 2.05) is 0 Å². The van der Waals surface area contributed by atoms with Crippen LogP contribution in [0.1, 0.15) is 22.7 Å². The van der Waals surface area contributed by atoms with Gasteiger partial charge in [0.05, 0.1) is 16.1 Å². The molecule has 100 valence electrons. The third kappa shape index (κ3) is 2.59. The minimum atomic E-state index is -1.01.